The molecule has 1 aromatic carbocycles. The van der Waals surface area contributed by atoms with Gasteiger partial charge in [0.25, 0.3) is 0 Å². The molecule has 0 heterocycles. The zero-order chi connectivity index (χ0) is 12.8. The Labute approximate surface area is 112 Å². The largest absolute Gasteiger partial charge is 0.316 e. The van der Waals surface area contributed by atoms with Crippen LogP contribution in [0, 0.1) is 0 Å². The van der Waals surface area contributed by atoms with E-state index in [2.05, 4.69) is 49.6 Å². The first-order valence-electron chi connectivity index (χ1n) is 7.56. The highest BCUT2D eigenvalue weighted by atomic mass is 14.9. The van der Waals surface area contributed by atoms with Gasteiger partial charge in [-0.05, 0) is 31.9 Å². The van der Waals surface area contributed by atoms with Gasteiger partial charge in [-0.1, -0.05) is 62.9 Å². The Morgan fingerprint density at radius 2 is 1.83 bits per heavy atom. The fourth-order valence-electron chi connectivity index (χ4n) is 3.72. The van der Waals surface area contributed by atoms with E-state index in [4.69, 9.17) is 0 Å². The highest BCUT2D eigenvalue weighted by molar-refractivity contribution is 5.29. The normalized spacial score (nSPS) is 19.9. The summed E-state index contributed by atoms with van der Waals surface area (Å²) in [5.74, 6) is 0. The molecule has 0 spiro atoms. The maximum absolute atomic E-state index is 3.62. The van der Waals surface area contributed by atoms with Crippen molar-refractivity contribution in [3.63, 3.8) is 0 Å². The van der Waals surface area contributed by atoms with Crippen LogP contribution in [0.2, 0.25) is 0 Å². The van der Waals surface area contributed by atoms with Gasteiger partial charge < -0.3 is 5.32 Å². The lowest BCUT2D eigenvalue weighted by Crippen LogP contribution is -2.45. The minimum absolute atomic E-state index is 0.394. The van der Waals surface area contributed by atoms with E-state index in [9.17, 15) is 0 Å². The van der Waals surface area contributed by atoms with E-state index in [1.807, 2.05) is 0 Å². The molecule has 1 atom stereocenters. The van der Waals surface area contributed by atoms with Crippen LogP contribution in [0.5, 0.6) is 0 Å². The number of benzene rings is 1. The molecule has 1 unspecified atom stereocenters. The van der Waals surface area contributed by atoms with E-state index in [-0.39, 0.29) is 0 Å². The Bertz CT molecular complexity index is 338. The number of hydrogen-bond acceptors (Lipinski definition) is 1. The summed E-state index contributed by atoms with van der Waals surface area (Å²) in [4.78, 5) is 0. The maximum Gasteiger partial charge on any atom is 0.0161 e. The predicted octanol–water partition coefficient (Wildman–Crippen LogP) is 4.28. The minimum atomic E-state index is 0.394. The van der Waals surface area contributed by atoms with E-state index in [0.717, 1.165) is 0 Å². The second-order valence-corrected chi connectivity index (χ2v) is 5.71. The number of rotatable bonds is 6. The van der Waals surface area contributed by atoms with Crippen molar-refractivity contribution < 1.29 is 0 Å². The zero-order valence-corrected chi connectivity index (χ0v) is 11.9. The van der Waals surface area contributed by atoms with Crippen LogP contribution in [0.25, 0.3) is 0 Å². The van der Waals surface area contributed by atoms with Crippen LogP contribution < -0.4 is 5.32 Å². The molecule has 1 aliphatic carbocycles. The van der Waals surface area contributed by atoms with E-state index in [1.54, 1.807) is 5.56 Å². The van der Waals surface area contributed by atoms with E-state index >= 15 is 0 Å². The average molecular weight is 245 g/mol. The van der Waals surface area contributed by atoms with Gasteiger partial charge in [0.2, 0.25) is 0 Å². The lowest BCUT2D eigenvalue weighted by molar-refractivity contribution is 0.289. The first-order valence-corrected chi connectivity index (χ1v) is 7.56. The number of nitrogens with one attached hydrogen (secondary N) is 1. The van der Waals surface area contributed by atoms with Crippen LogP contribution in [-0.4, -0.2) is 13.1 Å². The highest BCUT2D eigenvalue weighted by Crippen LogP contribution is 2.44. The molecular formula is C17H27N. The van der Waals surface area contributed by atoms with Gasteiger partial charge in [-0.15, -0.1) is 0 Å². The lowest BCUT2D eigenvalue weighted by atomic mass is 9.71. The quantitative estimate of drug-likeness (QED) is 0.789. The average Bonchev–Trinajstić information content (AvgIpc) is 2.91. The van der Waals surface area contributed by atoms with Crippen LogP contribution in [0.1, 0.15) is 57.4 Å². The topological polar surface area (TPSA) is 12.0 Å². The van der Waals surface area contributed by atoms with E-state index in [0.29, 0.717) is 11.5 Å². The van der Waals surface area contributed by atoms with Crippen LogP contribution in [0.4, 0.5) is 0 Å². The summed E-state index contributed by atoms with van der Waals surface area (Å²) < 4.78 is 0. The van der Waals surface area contributed by atoms with Crippen molar-refractivity contribution in [3.05, 3.63) is 35.9 Å². The molecule has 0 aromatic heterocycles. The Balaban J connectivity index is 2.25. The first-order chi connectivity index (χ1) is 8.83. The molecule has 1 aliphatic rings. The predicted molar refractivity (Wildman–Crippen MR) is 79.0 cm³/mol. The van der Waals surface area contributed by atoms with Crippen LogP contribution in [-0.2, 0) is 5.41 Å². The van der Waals surface area contributed by atoms with Crippen molar-refractivity contribution in [1.82, 2.24) is 5.32 Å². The molecule has 0 bridgehead atoms. The summed E-state index contributed by atoms with van der Waals surface area (Å²) in [6, 6.07) is 11.8. The molecule has 2 rings (SSSR count). The molecule has 1 N–H and O–H groups in total. The Kier molecular flexibility index (Phi) is 4.82. The van der Waals surface area contributed by atoms with E-state index in [1.165, 1.54) is 44.9 Å². The fraction of sp³-hybridized carbons (Fsp3) is 0.647. The van der Waals surface area contributed by atoms with Gasteiger partial charge >= 0.3 is 0 Å². The number of unbranched alkanes of at least 4 members (excludes halogenated alkanes) is 1. The third-order valence-corrected chi connectivity index (χ3v) is 4.71. The molecule has 0 aliphatic heterocycles. The van der Waals surface area contributed by atoms with Gasteiger partial charge in [-0.3, -0.25) is 0 Å². The monoisotopic (exact) mass is 245 g/mol. The summed E-state index contributed by atoms with van der Waals surface area (Å²) in [5.41, 5.74) is 1.95. The summed E-state index contributed by atoms with van der Waals surface area (Å²) >= 11 is 0. The van der Waals surface area contributed by atoms with Crippen molar-refractivity contribution >= 4 is 0 Å². The van der Waals surface area contributed by atoms with Crippen LogP contribution >= 0.6 is 0 Å². The molecule has 0 amide bonds. The highest BCUT2D eigenvalue weighted by Gasteiger charge is 2.41. The zero-order valence-electron chi connectivity index (χ0n) is 11.9. The van der Waals surface area contributed by atoms with Crippen molar-refractivity contribution in [2.75, 3.05) is 7.05 Å². The first kappa shape index (κ1) is 13.6. The smallest absolute Gasteiger partial charge is 0.0161 e. The minimum Gasteiger partial charge on any atom is -0.316 e. The molecule has 1 saturated carbocycles. The molecule has 1 fully saturated rings. The van der Waals surface area contributed by atoms with Gasteiger partial charge in [0.1, 0.15) is 0 Å². The molecule has 1 heteroatoms. The van der Waals surface area contributed by atoms with Crippen LogP contribution in [0.3, 0.4) is 0 Å². The standard InChI is InChI=1S/C17H27N/c1-3-4-12-16(18-2)17(13-8-9-14-17)15-10-6-5-7-11-15/h5-7,10-11,16,18H,3-4,8-9,12-14H2,1-2H3. The van der Waals surface area contributed by atoms with Crippen molar-refractivity contribution in [3.8, 4) is 0 Å². The third-order valence-electron chi connectivity index (χ3n) is 4.71. The Morgan fingerprint density at radius 3 is 2.39 bits per heavy atom. The van der Waals surface area contributed by atoms with Crippen molar-refractivity contribution in [2.24, 2.45) is 0 Å². The summed E-state index contributed by atoms with van der Waals surface area (Å²) in [6.45, 7) is 2.29. The molecule has 18 heavy (non-hydrogen) atoms. The molecule has 1 aromatic rings. The van der Waals surface area contributed by atoms with Crippen LogP contribution in [0.15, 0.2) is 30.3 Å². The summed E-state index contributed by atoms with van der Waals surface area (Å²) in [7, 11) is 2.14. The van der Waals surface area contributed by atoms with Crippen molar-refractivity contribution in [2.45, 2.75) is 63.3 Å². The number of hydrogen-bond donors (Lipinski definition) is 1. The lowest BCUT2D eigenvalue weighted by Gasteiger charge is -2.38. The SMILES string of the molecule is CCCCC(NC)C1(c2ccccc2)CCCC1. The van der Waals surface area contributed by atoms with Gasteiger partial charge in [0, 0.05) is 11.5 Å². The van der Waals surface area contributed by atoms with Gasteiger partial charge in [0.05, 0.1) is 0 Å². The maximum atomic E-state index is 3.62. The van der Waals surface area contributed by atoms with Gasteiger partial charge in [-0.25, -0.2) is 0 Å². The molecule has 0 saturated heterocycles. The summed E-state index contributed by atoms with van der Waals surface area (Å²) in [6.07, 6.45) is 9.42. The van der Waals surface area contributed by atoms with Gasteiger partial charge in [0.15, 0.2) is 0 Å². The second-order valence-electron chi connectivity index (χ2n) is 5.71. The molecule has 0 radical (unpaired) electrons. The third kappa shape index (κ3) is 2.61. The van der Waals surface area contributed by atoms with Crippen molar-refractivity contribution in [1.29, 1.82) is 0 Å². The Morgan fingerprint density at radius 1 is 1.17 bits per heavy atom. The van der Waals surface area contributed by atoms with E-state index < -0.39 is 0 Å². The Hall–Kier alpha value is -0.820. The van der Waals surface area contributed by atoms with Gasteiger partial charge in [-0.2, -0.15) is 0 Å². The summed E-state index contributed by atoms with van der Waals surface area (Å²) in [5, 5.41) is 3.62. The number of likely N-dealkylation sites (N-methyl/N-ethyl adjacent to an activating group) is 1. The fourth-order valence-corrected chi connectivity index (χ4v) is 3.72. The molecular weight excluding hydrogens is 218 g/mol. The second kappa shape index (κ2) is 6.38. The molecule has 1 nitrogen and oxygen atoms in total. The molecule has 100 valence electrons.